The normalized spacial score (nSPS) is 19.1. The van der Waals surface area contributed by atoms with E-state index < -0.39 is 46.6 Å². The van der Waals surface area contributed by atoms with Crippen molar-refractivity contribution in [3.8, 4) is 17.2 Å². The van der Waals surface area contributed by atoms with Gasteiger partial charge >= 0.3 is 24.8 Å². The van der Waals surface area contributed by atoms with Gasteiger partial charge in [0.2, 0.25) is 16.3 Å². The summed E-state index contributed by atoms with van der Waals surface area (Å²) >= 11 is 6.48. The summed E-state index contributed by atoms with van der Waals surface area (Å²) in [4.78, 5) is 96.5. The number of ketones is 1. The molecule has 6 aliphatic heterocycles. The SMILES string of the molecule is C[C@@H]1CCOC2Cn3cc(Br)c(=O)c(OCc4ccccc4)c3C(=O)N21.C[C@@H]1CCOC2Cn3cc(C(=O)CCc4ccc(F)cc4F)c(=O)c(OCc4ccccc4)c3C(=O)N21.C[C@@H]1CCO[C@H]2Cn3ccc(=O)c(OCc4ccccc4)c3C(=O)N12.NCc1ccc(F)cc1F.[B]=NS. The summed E-state index contributed by atoms with van der Waals surface area (Å²) in [6.07, 6.45) is 5.60. The Bertz CT molecular complexity index is 4510. The van der Waals surface area contributed by atoms with Crippen molar-refractivity contribution < 1.29 is 65.2 Å². The third-order valence-electron chi connectivity index (χ3n) is 17.7. The van der Waals surface area contributed by atoms with Gasteiger partial charge in [0, 0.05) is 73.4 Å². The number of fused-ring (bicyclic) bond motifs is 6. The molecule has 0 aliphatic carbocycles. The quantitative estimate of drug-likeness (QED) is 0.0446. The maximum absolute atomic E-state index is 14.1. The van der Waals surface area contributed by atoms with Crippen molar-refractivity contribution in [3.63, 3.8) is 0 Å². The molecule has 0 spiro atoms. The Morgan fingerprint density at radius 3 is 1.37 bits per heavy atom. The summed E-state index contributed by atoms with van der Waals surface area (Å²) in [5.74, 6) is -3.95. The molecule has 6 atom stereocenters. The maximum atomic E-state index is 14.1. The molecule has 1 radical (unpaired) electrons. The second-order valence-corrected chi connectivity index (χ2v) is 25.5. The standard InChI is InChI=1S/C28H26F2N2O5.C19H19BrN2O4.C19H20N2O4.C7H7F2N.BHNS/c1-17-11-12-36-24-15-31-14-21(23(33)10-8-19-7-9-20(29)13-22(19)30)26(34)27(25(31)28(35)32(17)24)37-16-18-5-3-2-4-6-18;1-12-7-8-25-15-10-21-9-14(20)17(23)18(16(21)19(24)22(12)15)26-11-13-5-3-2-4-6-13;1-13-8-10-24-16-11-20-9-7-15(22)18(17(20)19(23)21(13)16)25-12-14-5-3-2-4-6-14;8-6-2-1-5(4-10)7(9)3-6;1-2-3/h2-7,9,13-14,17,24H,8,10-12,15-16H2,1H3;2-6,9,12,15H,7-8,10-11H2,1H3;2-7,9,13,16H,8,10-12H2,1H3;1-3H,4,10H2;3H/t17-,24?;12-,15?;13-,16+;;/m111../s1. The van der Waals surface area contributed by atoms with Crippen molar-refractivity contribution in [3.05, 3.63) is 261 Å². The van der Waals surface area contributed by atoms with Gasteiger partial charge in [0.05, 0.1) is 49.5 Å². The summed E-state index contributed by atoms with van der Waals surface area (Å²) in [6, 6.07) is 36.3. The molecule has 3 fully saturated rings. The van der Waals surface area contributed by atoms with Gasteiger partial charge < -0.3 is 62.6 Å². The fraction of sp³-hybridized carbons (Fsp3) is 0.329. The van der Waals surface area contributed by atoms with Crippen molar-refractivity contribution in [1.82, 2.24) is 28.4 Å². The first-order chi connectivity index (χ1) is 48.7. The minimum atomic E-state index is -0.754. The molecular formula is C73H73BBrF4N8O13S. The first-order valence-electron chi connectivity index (χ1n) is 32.6. The number of benzene rings is 5. The number of thiol groups is 1. The first-order valence-corrected chi connectivity index (χ1v) is 33.8. The van der Waals surface area contributed by atoms with Crippen molar-refractivity contribution >= 4 is 59.9 Å². The van der Waals surface area contributed by atoms with Crippen molar-refractivity contribution in [2.24, 2.45) is 10.0 Å². The summed E-state index contributed by atoms with van der Waals surface area (Å²) < 4.78 is 95.0. The van der Waals surface area contributed by atoms with Crippen LogP contribution in [0.1, 0.15) is 116 Å². The number of aromatic nitrogens is 3. The molecule has 3 saturated heterocycles. The summed E-state index contributed by atoms with van der Waals surface area (Å²) in [5, 5.41) is 0. The number of hydrogen-bond donors (Lipinski definition) is 2. The van der Waals surface area contributed by atoms with Gasteiger partial charge in [-0.2, -0.15) is 0 Å². The van der Waals surface area contributed by atoms with Crippen molar-refractivity contribution in [2.75, 3.05) is 19.8 Å². The average Bonchev–Trinajstić information content (AvgIpc) is 0.756. The molecule has 8 aromatic rings. The second-order valence-electron chi connectivity index (χ2n) is 24.4. The summed E-state index contributed by atoms with van der Waals surface area (Å²) in [6.45, 7) is 9.54. The minimum absolute atomic E-state index is 0.0116. The van der Waals surface area contributed by atoms with Gasteiger partial charge in [-0.15, -0.1) is 0 Å². The molecule has 0 saturated carbocycles. The molecule has 2 unspecified atom stereocenters. The number of amides is 3. The molecule has 21 nitrogen and oxygen atoms in total. The zero-order valence-electron chi connectivity index (χ0n) is 55.4. The first kappa shape index (κ1) is 74.4. The van der Waals surface area contributed by atoms with Gasteiger partial charge in [-0.3, -0.25) is 33.6 Å². The van der Waals surface area contributed by atoms with Crippen LogP contribution in [0.2, 0.25) is 0 Å². The molecule has 9 heterocycles. The van der Waals surface area contributed by atoms with Crippen LogP contribution in [0.3, 0.4) is 0 Å². The molecule has 0 bridgehead atoms. The van der Waals surface area contributed by atoms with E-state index >= 15 is 0 Å². The van der Waals surface area contributed by atoms with Gasteiger partial charge in [-0.05, 0) is 96.8 Å². The van der Waals surface area contributed by atoms with E-state index in [0.717, 1.165) is 47.7 Å². The number of ether oxygens (including phenoxy) is 6. The van der Waals surface area contributed by atoms with Crippen LogP contribution >= 0.6 is 28.7 Å². The zero-order chi connectivity index (χ0) is 72.0. The summed E-state index contributed by atoms with van der Waals surface area (Å²) in [5.41, 5.74) is 7.56. The Hall–Kier alpha value is -9.32. The fourth-order valence-corrected chi connectivity index (χ4v) is 12.8. The van der Waals surface area contributed by atoms with Crippen LogP contribution in [0.25, 0.3) is 0 Å². The number of Topliss-reactive ketones (excluding diaryl/α,β-unsaturated/α-hetero) is 1. The average molecular weight is 1470 g/mol. The number of nitrogens with zero attached hydrogens (tertiary/aromatic N) is 7. The Morgan fingerprint density at radius 1 is 0.554 bits per heavy atom. The van der Waals surface area contributed by atoms with Crippen LogP contribution < -0.4 is 36.2 Å². The third-order valence-corrected chi connectivity index (χ3v) is 18.2. The molecular weight excluding hydrogens is 1400 g/mol. The molecule has 6 aliphatic rings. The number of halogens is 5. The van der Waals surface area contributed by atoms with Crippen LogP contribution in [0, 0.1) is 23.3 Å². The van der Waals surface area contributed by atoms with E-state index in [1.165, 1.54) is 30.5 Å². The van der Waals surface area contributed by atoms with Crippen LogP contribution in [0.5, 0.6) is 17.2 Å². The van der Waals surface area contributed by atoms with Crippen LogP contribution in [0.15, 0.2) is 175 Å². The number of carbonyl (C=O) groups is 4. The Kier molecular flexibility index (Phi) is 25.3. The van der Waals surface area contributed by atoms with E-state index in [0.29, 0.717) is 60.8 Å². The van der Waals surface area contributed by atoms with E-state index in [4.69, 9.17) is 34.2 Å². The van der Waals surface area contributed by atoms with Crippen molar-refractivity contribution in [2.45, 2.75) is 136 Å². The van der Waals surface area contributed by atoms with Gasteiger partial charge in [0.1, 0.15) is 43.1 Å². The number of nitrogens with two attached hydrogens (primary N) is 1. The van der Waals surface area contributed by atoms with Crippen LogP contribution in [-0.4, -0.2) is 116 Å². The Labute approximate surface area is 594 Å². The monoisotopic (exact) mass is 1470 g/mol. The number of hydrogen-bond acceptors (Lipinski definition) is 16. The van der Waals surface area contributed by atoms with Gasteiger partial charge in [0.25, 0.3) is 17.7 Å². The Balaban J connectivity index is 0.000000153. The molecule has 14 rings (SSSR count). The molecule has 2 N–H and O–H groups in total. The molecule has 3 aromatic heterocycles. The predicted octanol–water partition coefficient (Wildman–Crippen LogP) is 10.5. The fourth-order valence-electron chi connectivity index (χ4n) is 12.4. The number of aryl methyl sites for hydroxylation is 1. The topological polar surface area (TPSA) is 238 Å². The van der Waals surface area contributed by atoms with Crippen LogP contribution in [0.4, 0.5) is 17.6 Å². The van der Waals surface area contributed by atoms with Crippen LogP contribution in [-0.2, 0) is 66.6 Å². The third kappa shape index (κ3) is 17.5. The molecule has 5 aromatic carbocycles. The number of carbonyl (C=O) groups excluding carboxylic acids is 4. The molecule has 28 heteroatoms. The zero-order valence-corrected chi connectivity index (χ0v) is 57.9. The van der Waals surface area contributed by atoms with E-state index in [1.807, 2.05) is 112 Å². The van der Waals surface area contributed by atoms with Gasteiger partial charge in [-0.25, -0.2) is 17.6 Å². The van der Waals surface area contributed by atoms with Gasteiger partial charge in [-0.1, -0.05) is 103 Å². The van der Waals surface area contributed by atoms with Crippen molar-refractivity contribution in [1.29, 1.82) is 0 Å². The van der Waals surface area contributed by atoms with Gasteiger partial charge in [0.15, 0.2) is 58.8 Å². The van der Waals surface area contributed by atoms with E-state index in [2.05, 4.69) is 40.7 Å². The van der Waals surface area contributed by atoms with E-state index in [1.54, 1.807) is 40.8 Å². The second kappa shape index (κ2) is 34.4. The van der Waals surface area contributed by atoms with E-state index in [9.17, 15) is 51.1 Å². The number of pyridine rings is 3. The van der Waals surface area contributed by atoms with E-state index in [-0.39, 0.29) is 133 Å². The Morgan fingerprint density at radius 2 is 0.941 bits per heavy atom. The molecule has 3 amide bonds. The number of rotatable bonds is 14. The predicted molar refractivity (Wildman–Crippen MR) is 373 cm³/mol. The summed E-state index contributed by atoms with van der Waals surface area (Å²) in [7, 11) is 4.34. The molecule has 527 valence electrons. The molecule has 101 heavy (non-hydrogen) atoms.